The highest BCUT2D eigenvalue weighted by Gasteiger charge is 2.25. The fourth-order valence-electron chi connectivity index (χ4n) is 2.68. The van der Waals surface area contributed by atoms with Gasteiger partial charge < -0.3 is 13.8 Å². The van der Waals surface area contributed by atoms with Crippen molar-refractivity contribution in [3.05, 3.63) is 35.2 Å². The SMILES string of the molecule is COC(=O)c1nc2c(n1C)CCN(CCc1cnoc1)C2. The number of fused-ring (bicyclic) bond motifs is 1. The highest BCUT2D eigenvalue weighted by Crippen LogP contribution is 2.20. The summed E-state index contributed by atoms with van der Waals surface area (Å²) in [6.45, 7) is 2.63. The summed E-state index contributed by atoms with van der Waals surface area (Å²) < 4.78 is 11.4. The molecule has 0 atom stereocenters. The number of aromatic nitrogens is 3. The van der Waals surface area contributed by atoms with Crippen molar-refractivity contribution in [2.75, 3.05) is 20.2 Å². The van der Waals surface area contributed by atoms with Crippen LogP contribution in [0.5, 0.6) is 0 Å². The number of rotatable bonds is 4. The van der Waals surface area contributed by atoms with Crippen LogP contribution < -0.4 is 0 Å². The van der Waals surface area contributed by atoms with Crippen LogP contribution in [0.25, 0.3) is 0 Å². The van der Waals surface area contributed by atoms with Gasteiger partial charge in [-0.25, -0.2) is 9.78 Å². The Kier molecular flexibility index (Phi) is 3.74. The molecule has 0 aliphatic carbocycles. The molecule has 0 unspecified atom stereocenters. The van der Waals surface area contributed by atoms with Gasteiger partial charge in [0.05, 0.1) is 19.0 Å². The summed E-state index contributed by atoms with van der Waals surface area (Å²) in [5, 5.41) is 3.71. The van der Waals surface area contributed by atoms with Crippen molar-refractivity contribution in [2.24, 2.45) is 7.05 Å². The predicted octanol–water partition coefficient (Wildman–Crippen LogP) is 0.795. The molecule has 0 fully saturated rings. The number of ether oxygens (including phenoxy) is 1. The van der Waals surface area contributed by atoms with Gasteiger partial charge in [0.25, 0.3) is 0 Å². The smallest absolute Gasteiger partial charge is 0.374 e. The lowest BCUT2D eigenvalue weighted by molar-refractivity contribution is 0.0582. The van der Waals surface area contributed by atoms with Gasteiger partial charge in [-0.05, 0) is 6.42 Å². The highest BCUT2D eigenvalue weighted by molar-refractivity contribution is 5.85. The topological polar surface area (TPSA) is 73.4 Å². The van der Waals surface area contributed by atoms with E-state index in [4.69, 9.17) is 9.26 Å². The summed E-state index contributed by atoms with van der Waals surface area (Å²) in [6.07, 6.45) is 5.20. The Morgan fingerprint density at radius 2 is 2.38 bits per heavy atom. The van der Waals surface area contributed by atoms with Gasteiger partial charge in [0.2, 0.25) is 5.82 Å². The molecule has 1 aliphatic rings. The fourth-order valence-corrected chi connectivity index (χ4v) is 2.68. The first-order valence-electron chi connectivity index (χ1n) is 6.92. The first-order valence-corrected chi connectivity index (χ1v) is 6.92. The van der Waals surface area contributed by atoms with Crippen LogP contribution in [-0.2, 0) is 31.2 Å². The molecular formula is C14H18N4O3. The quantitative estimate of drug-likeness (QED) is 0.775. The molecule has 2 aromatic heterocycles. The minimum atomic E-state index is -0.386. The number of carbonyl (C=O) groups is 1. The normalized spacial score (nSPS) is 15.0. The Labute approximate surface area is 122 Å². The van der Waals surface area contributed by atoms with E-state index in [2.05, 4.69) is 15.0 Å². The largest absolute Gasteiger partial charge is 0.463 e. The first kappa shape index (κ1) is 13.8. The molecule has 0 saturated heterocycles. The van der Waals surface area contributed by atoms with Gasteiger partial charge in [-0.3, -0.25) is 4.90 Å². The third-order valence-corrected chi connectivity index (χ3v) is 3.90. The zero-order chi connectivity index (χ0) is 14.8. The molecule has 7 heteroatoms. The molecule has 3 rings (SSSR count). The zero-order valence-electron chi connectivity index (χ0n) is 12.2. The Morgan fingerprint density at radius 1 is 1.52 bits per heavy atom. The summed E-state index contributed by atoms with van der Waals surface area (Å²) in [7, 11) is 3.24. The summed E-state index contributed by atoms with van der Waals surface area (Å²) in [6, 6.07) is 0. The second-order valence-electron chi connectivity index (χ2n) is 5.19. The van der Waals surface area contributed by atoms with E-state index < -0.39 is 0 Å². The van der Waals surface area contributed by atoms with Crippen molar-refractivity contribution < 1.29 is 14.1 Å². The lowest BCUT2D eigenvalue weighted by atomic mass is 10.1. The van der Waals surface area contributed by atoms with Crippen LogP contribution in [0.1, 0.15) is 27.6 Å². The Balaban J connectivity index is 1.69. The van der Waals surface area contributed by atoms with E-state index in [9.17, 15) is 4.79 Å². The van der Waals surface area contributed by atoms with Gasteiger partial charge in [-0.2, -0.15) is 0 Å². The van der Waals surface area contributed by atoms with Crippen LogP contribution in [0.4, 0.5) is 0 Å². The molecule has 0 radical (unpaired) electrons. The number of methoxy groups -OCH3 is 1. The minimum absolute atomic E-state index is 0.378. The van der Waals surface area contributed by atoms with Gasteiger partial charge >= 0.3 is 5.97 Å². The highest BCUT2D eigenvalue weighted by atomic mass is 16.5. The second-order valence-corrected chi connectivity index (χ2v) is 5.19. The predicted molar refractivity (Wildman–Crippen MR) is 73.7 cm³/mol. The molecular weight excluding hydrogens is 272 g/mol. The maximum atomic E-state index is 11.7. The third kappa shape index (κ3) is 2.69. The van der Waals surface area contributed by atoms with Gasteiger partial charge in [-0.1, -0.05) is 5.16 Å². The van der Waals surface area contributed by atoms with Gasteiger partial charge in [0, 0.05) is 44.4 Å². The minimum Gasteiger partial charge on any atom is -0.463 e. The summed E-state index contributed by atoms with van der Waals surface area (Å²) >= 11 is 0. The van der Waals surface area contributed by atoms with Crippen molar-refractivity contribution in [1.82, 2.24) is 19.6 Å². The average Bonchev–Trinajstić information content (AvgIpc) is 3.12. The Bertz CT molecular complexity index is 633. The second kappa shape index (κ2) is 5.69. The third-order valence-electron chi connectivity index (χ3n) is 3.90. The Hall–Kier alpha value is -2.15. The van der Waals surface area contributed by atoms with Crippen LogP contribution in [0.15, 0.2) is 17.0 Å². The monoisotopic (exact) mass is 290 g/mol. The molecule has 112 valence electrons. The number of hydrogen-bond donors (Lipinski definition) is 0. The van der Waals surface area contributed by atoms with E-state index in [1.165, 1.54) is 7.11 Å². The number of esters is 1. The molecule has 3 heterocycles. The molecule has 1 aliphatic heterocycles. The van der Waals surface area contributed by atoms with Crippen LogP contribution in [0.3, 0.4) is 0 Å². The fraction of sp³-hybridized carbons (Fsp3) is 0.500. The lowest BCUT2D eigenvalue weighted by Crippen LogP contribution is -2.32. The molecule has 0 aromatic carbocycles. The van der Waals surface area contributed by atoms with Crippen molar-refractivity contribution in [3.8, 4) is 0 Å². The number of hydrogen-bond acceptors (Lipinski definition) is 6. The van der Waals surface area contributed by atoms with E-state index in [1.807, 2.05) is 11.6 Å². The average molecular weight is 290 g/mol. The molecule has 0 amide bonds. The number of carbonyl (C=O) groups excluding carboxylic acids is 1. The maximum Gasteiger partial charge on any atom is 0.374 e. The van der Waals surface area contributed by atoms with E-state index >= 15 is 0 Å². The van der Waals surface area contributed by atoms with E-state index in [0.717, 1.165) is 49.4 Å². The standard InChI is InChI=1S/C14H18N4O3/c1-17-12-4-6-18(5-3-10-7-15-21-9-10)8-11(12)16-13(17)14(19)20-2/h7,9H,3-6,8H2,1-2H3. The van der Waals surface area contributed by atoms with Crippen LogP contribution in [-0.4, -0.2) is 45.8 Å². The van der Waals surface area contributed by atoms with Crippen LogP contribution in [0.2, 0.25) is 0 Å². The summed E-state index contributed by atoms with van der Waals surface area (Å²) in [5.74, 6) is -0.00805. The lowest BCUT2D eigenvalue weighted by Gasteiger charge is -2.26. The van der Waals surface area contributed by atoms with Gasteiger partial charge in [-0.15, -0.1) is 0 Å². The maximum absolute atomic E-state index is 11.7. The molecule has 0 bridgehead atoms. The van der Waals surface area contributed by atoms with Crippen molar-refractivity contribution in [2.45, 2.75) is 19.4 Å². The zero-order valence-corrected chi connectivity index (χ0v) is 12.2. The summed E-state index contributed by atoms with van der Waals surface area (Å²) in [5.41, 5.74) is 3.18. The molecule has 0 saturated carbocycles. The van der Waals surface area contributed by atoms with E-state index in [-0.39, 0.29) is 5.97 Å². The number of imidazole rings is 1. The first-order chi connectivity index (χ1) is 10.2. The summed E-state index contributed by atoms with van der Waals surface area (Å²) in [4.78, 5) is 18.4. The molecule has 7 nitrogen and oxygen atoms in total. The molecule has 2 aromatic rings. The van der Waals surface area contributed by atoms with Crippen LogP contribution in [0, 0.1) is 0 Å². The van der Waals surface area contributed by atoms with E-state index in [0.29, 0.717) is 5.82 Å². The van der Waals surface area contributed by atoms with E-state index in [1.54, 1.807) is 12.5 Å². The van der Waals surface area contributed by atoms with Crippen molar-refractivity contribution >= 4 is 5.97 Å². The van der Waals surface area contributed by atoms with Gasteiger partial charge in [0.1, 0.15) is 6.26 Å². The van der Waals surface area contributed by atoms with Crippen molar-refractivity contribution in [3.63, 3.8) is 0 Å². The molecule has 0 N–H and O–H groups in total. The van der Waals surface area contributed by atoms with Gasteiger partial charge in [0.15, 0.2) is 0 Å². The molecule has 21 heavy (non-hydrogen) atoms. The number of nitrogens with zero attached hydrogens (tertiary/aromatic N) is 4. The van der Waals surface area contributed by atoms with Crippen LogP contribution >= 0.6 is 0 Å². The molecule has 0 spiro atoms. The Morgan fingerprint density at radius 3 is 3.10 bits per heavy atom. The van der Waals surface area contributed by atoms with Crippen molar-refractivity contribution in [1.29, 1.82) is 0 Å².